The fourth-order valence-corrected chi connectivity index (χ4v) is 2.84. The van der Waals surface area contributed by atoms with Crippen molar-refractivity contribution < 1.29 is 0 Å². The molecule has 2 N–H and O–H groups in total. The highest BCUT2D eigenvalue weighted by Gasteiger charge is 1.98. The zero-order chi connectivity index (χ0) is 12.8. The zero-order valence-electron chi connectivity index (χ0n) is 9.97. The van der Waals surface area contributed by atoms with E-state index in [4.69, 9.17) is 0 Å². The molecule has 0 bridgehead atoms. The minimum Gasteiger partial charge on any atom is -0.355 e. The van der Waals surface area contributed by atoms with Crippen molar-refractivity contribution in [3.05, 3.63) is 38.7 Å². The first-order valence-corrected chi connectivity index (χ1v) is 7.55. The maximum atomic E-state index is 11.3. The second kappa shape index (κ2) is 6.55. The predicted molar refractivity (Wildman–Crippen MR) is 76.4 cm³/mol. The lowest BCUT2D eigenvalue weighted by Crippen LogP contribution is -2.15. The number of aromatic nitrogens is 3. The number of nitrogens with zero attached hydrogens (tertiary/aromatic N) is 2. The number of thioether (sulfide) groups is 1. The molecular weight excluding hydrogens is 268 g/mol. The van der Waals surface area contributed by atoms with Crippen LogP contribution in [0, 0.1) is 6.92 Å². The van der Waals surface area contributed by atoms with Gasteiger partial charge in [-0.15, -0.1) is 11.3 Å². The molecule has 0 aliphatic carbocycles. The van der Waals surface area contributed by atoms with E-state index in [0.29, 0.717) is 11.5 Å². The van der Waals surface area contributed by atoms with Gasteiger partial charge in [0, 0.05) is 41.4 Å². The summed E-state index contributed by atoms with van der Waals surface area (Å²) in [6, 6.07) is 0. The second-order valence-corrected chi connectivity index (χ2v) is 5.73. The summed E-state index contributed by atoms with van der Waals surface area (Å²) < 4.78 is 0. The molecule has 2 aromatic rings. The van der Waals surface area contributed by atoms with Gasteiger partial charge in [-0.05, 0) is 6.92 Å². The van der Waals surface area contributed by atoms with Crippen molar-refractivity contribution in [2.75, 3.05) is 17.6 Å². The van der Waals surface area contributed by atoms with Gasteiger partial charge >= 0.3 is 0 Å². The van der Waals surface area contributed by atoms with Gasteiger partial charge in [-0.1, -0.05) is 0 Å². The Morgan fingerprint density at radius 2 is 2.39 bits per heavy atom. The molecule has 2 aromatic heterocycles. The molecule has 5 nitrogen and oxygen atoms in total. The molecule has 7 heteroatoms. The first kappa shape index (κ1) is 13.1. The SMILES string of the molecule is Cc1cnc(NCCSCc2nccs2)[nH]c1=O. The molecule has 18 heavy (non-hydrogen) atoms. The summed E-state index contributed by atoms with van der Waals surface area (Å²) in [5.41, 5.74) is 0.529. The van der Waals surface area contributed by atoms with Crippen molar-refractivity contribution in [1.82, 2.24) is 15.0 Å². The highest BCUT2D eigenvalue weighted by atomic mass is 32.2. The number of hydrogen-bond acceptors (Lipinski definition) is 6. The molecule has 2 heterocycles. The van der Waals surface area contributed by atoms with E-state index in [0.717, 1.165) is 23.1 Å². The van der Waals surface area contributed by atoms with Crippen LogP contribution < -0.4 is 10.9 Å². The minimum absolute atomic E-state index is 0.0945. The van der Waals surface area contributed by atoms with Crippen LogP contribution in [0.25, 0.3) is 0 Å². The number of H-pyrrole nitrogens is 1. The molecular formula is C11H14N4OS2. The number of aryl methyl sites for hydroxylation is 1. The maximum absolute atomic E-state index is 11.3. The summed E-state index contributed by atoms with van der Waals surface area (Å²) >= 11 is 3.47. The summed E-state index contributed by atoms with van der Waals surface area (Å²) in [6.45, 7) is 2.50. The quantitative estimate of drug-likeness (QED) is 0.792. The second-order valence-electron chi connectivity index (χ2n) is 3.65. The molecule has 96 valence electrons. The molecule has 0 aromatic carbocycles. The fraction of sp³-hybridized carbons (Fsp3) is 0.364. The third-order valence-electron chi connectivity index (χ3n) is 2.23. The van der Waals surface area contributed by atoms with Gasteiger partial charge in [-0.25, -0.2) is 9.97 Å². The van der Waals surface area contributed by atoms with E-state index < -0.39 is 0 Å². The molecule has 0 fully saturated rings. The van der Waals surface area contributed by atoms with Crippen molar-refractivity contribution in [1.29, 1.82) is 0 Å². The molecule has 0 amide bonds. The number of rotatable bonds is 6. The first-order chi connectivity index (χ1) is 8.75. The van der Waals surface area contributed by atoms with Crippen LogP contribution in [-0.2, 0) is 5.75 Å². The predicted octanol–water partition coefficient (Wildman–Crippen LogP) is 1.88. The topological polar surface area (TPSA) is 70.7 Å². The average Bonchev–Trinajstić information content (AvgIpc) is 2.86. The lowest BCUT2D eigenvalue weighted by Gasteiger charge is -2.04. The molecule has 0 spiro atoms. The standard InChI is InChI=1S/C11H14N4OS2/c1-8-6-14-11(15-10(8)16)13-2-4-17-7-9-12-3-5-18-9/h3,5-6H,2,4,7H2,1H3,(H2,13,14,15,16). The molecule has 0 radical (unpaired) electrons. The van der Waals surface area contributed by atoms with Crippen LogP contribution in [0.15, 0.2) is 22.6 Å². The van der Waals surface area contributed by atoms with E-state index in [2.05, 4.69) is 20.3 Å². The Kier molecular flexibility index (Phi) is 4.77. The number of hydrogen-bond donors (Lipinski definition) is 2. The third kappa shape index (κ3) is 3.85. The van der Waals surface area contributed by atoms with Gasteiger partial charge in [0.2, 0.25) is 5.95 Å². The number of nitrogens with one attached hydrogen (secondary N) is 2. The molecule has 0 saturated carbocycles. The Bertz CT molecular complexity index is 538. The van der Waals surface area contributed by atoms with Crippen molar-refractivity contribution in [2.24, 2.45) is 0 Å². The zero-order valence-corrected chi connectivity index (χ0v) is 11.6. The lowest BCUT2D eigenvalue weighted by atomic mass is 10.4. The first-order valence-electron chi connectivity index (χ1n) is 5.51. The molecule has 0 aliphatic heterocycles. The Balaban J connectivity index is 1.69. The normalized spacial score (nSPS) is 10.5. The summed E-state index contributed by atoms with van der Waals surface area (Å²) in [5, 5.41) is 6.21. The lowest BCUT2D eigenvalue weighted by molar-refractivity contribution is 1.04. The molecule has 0 atom stereocenters. The van der Waals surface area contributed by atoms with Crippen LogP contribution in [0.3, 0.4) is 0 Å². The van der Waals surface area contributed by atoms with Crippen molar-refractivity contribution in [3.8, 4) is 0 Å². The monoisotopic (exact) mass is 282 g/mol. The van der Waals surface area contributed by atoms with Crippen LogP contribution in [0.5, 0.6) is 0 Å². The summed E-state index contributed by atoms with van der Waals surface area (Å²) in [4.78, 5) is 22.3. The molecule has 0 aliphatic rings. The van der Waals surface area contributed by atoms with Gasteiger partial charge in [-0.3, -0.25) is 9.78 Å². The van der Waals surface area contributed by atoms with Crippen LogP contribution in [-0.4, -0.2) is 27.2 Å². The van der Waals surface area contributed by atoms with Gasteiger partial charge in [-0.2, -0.15) is 11.8 Å². The van der Waals surface area contributed by atoms with E-state index in [9.17, 15) is 4.79 Å². The smallest absolute Gasteiger partial charge is 0.255 e. The summed E-state index contributed by atoms with van der Waals surface area (Å²) in [6.07, 6.45) is 3.39. The third-order valence-corrected chi connectivity index (χ3v) is 4.16. The number of aromatic amines is 1. The molecule has 0 saturated heterocycles. The molecule has 0 unspecified atom stereocenters. The molecule has 2 rings (SSSR count). The highest BCUT2D eigenvalue weighted by Crippen LogP contribution is 2.13. The van der Waals surface area contributed by atoms with E-state index in [1.54, 1.807) is 36.2 Å². The highest BCUT2D eigenvalue weighted by molar-refractivity contribution is 7.98. The van der Waals surface area contributed by atoms with E-state index in [-0.39, 0.29) is 5.56 Å². The number of anilines is 1. The van der Waals surface area contributed by atoms with E-state index >= 15 is 0 Å². The Hall–Kier alpha value is -1.34. The maximum Gasteiger partial charge on any atom is 0.255 e. The Morgan fingerprint density at radius 3 is 3.11 bits per heavy atom. The summed E-state index contributed by atoms with van der Waals surface area (Å²) in [5.74, 6) is 2.40. The summed E-state index contributed by atoms with van der Waals surface area (Å²) in [7, 11) is 0. The van der Waals surface area contributed by atoms with Gasteiger partial charge in [0.05, 0.1) is 0 Å². The van der Waals surface area contributed by atoms with E-state index in [1.807, 2.05) is 11.6 Å². The van der Waals surface area contributed by atoms with Crippen LogP contribution >= 0.6 is 23.1 Å². The van der Waals surface area contributed by atoms with Crippen molar-refractivity contribution >= 4 is 29.0 Å². The number of thiazole rings is 1. The van der Waals surface area contributed by atoms with Crippen LogP contribution in [0.1, 0.15) is 10.6 Å². The Labute approximate surface area is 113 Å². The fourth-order valence-electron chi connectivity index (χ4n) is 1.27. The van der Waals surface area contributed by atoms with Crippen LogP contribution in [0.4, 0.5) is 5.95 Å². The van der Waals surface area contributed by atoms with Gasteiger partial charge in [0.15, 0.2) is 0 Å². The van der Waals surface area contributed by atoms with Crippen LogP contribution in [0.2, 0.25) is 0 Å². The minimum atomic E-state index is -0.0945. The van der Waals surface area contributed by atoms with E-state index in [1.165, 1.54) is 0 Å². The van der Waals surface area contributed by atoms with Crippen molar-refractivity contribution in [3.63, 3.8) is 0 Å². The largest absolute Gasteiger partial charge is 0.355 e. The Morgan fingerprint density at radius 1 is 1.50 bits per heavy atom. The van der Waals surface area contributed by atoms with Gasteiger partial charge in [0.25, 0.3) is 5.56 Å². The van der Waals surface area contributed by atoms with Gasteiger partial charge in [0.1, 0.15) is 5.01 Å². The van der Waals surface area contributed by atoms with Crippen molar-refractivity contribution in [2.45, 2.75) is 12.7 Å². The van der Waals surface area contributed by atoms with Gasteiger partial charge < -0.3 is 5.32 Å². The average molecular weight is 282 g/mol.